The van der Waals surface area contributed by atoms with Gasteiger partial charge < -0.3 is 10.1 Å². The lowest BCUT2D eigenvalue weighted by Gasteiger charge is -2.14. The molecule has 0 amide bonds. The lowest BCUT2D eigenvalue weighted by atomic mass is 10.1. The van der Waals surface area contributed by atoms with Crippen LogP contribution in [0.2, 0.25) is 0 Å². The molecular formula is C17H29NO. The van der Waals surface area contributed by atoms with Gasteiger partial charge in [0.15, 0.2) is 0 Å². The van der Waals surface area contributed by atoms with Gasteiger partial charge in [-0.25, -0.2) is 0 Å². The highest BCUT2D eigenvalue weighted by atomic mass is 16.5. The van der Waals surface area contributed by atoms with Crippen LogP contribution in [0.3, 0.4) is 0 Å². The van der Waals surface area contributed by atoms with Gasteiger partial charge in [-0.3, -0.25) is 0 Å². The Morgan fingerprint density at radius 2 is 1.68 bits per heavy atom. The zero-order valence-corrected chi connectivity index (χ0v) is 12.5. The van der Waals surface area contributed by atoms with Crippen LogP contribution < -0.4 is 5.32 Å². The summed E-state index contributed by atoms with van der Waals surface area (Å²) in [5, 5.41) is 3.39. The molecule has 108 valence electrons. The summed E-state index contributed by atoms with van der Waals surface area (Å²) >= 11 is 0. The van der Waals surface area contributed by atoms with Crippen molar-refractivity contribution in [1.82, 2.24) is 0 Å². The van der Waals surface area contributed by atoms with Gasteiger partial charge in [-0.05, 0) is 25.5 Å². The van der Waals surface area contributed by atoms with Gasteiger partial charge in [0.05, 0.1) is 6.10 Å². The molecule has 1 N–H and O–H groups in total. The highest BCUT2D eigenvalue weighted by Crippen LogP contribution is 2.07. The molecule has 0 fully saturated rings. The van der Waals surface area contributed by atoms with Crippen molar-refractivity contribution in [2.75, 3.05) is 18.5 Å². The van der Waals surface area contributed by atoms with Gasteiger partial charge in [0.1, 0.15) is 0 Å². The van der Waals surface area contributed by atoms with Crippen molar-refractivity contribution in [1.29, 1.82) is 0 Å². The molecule has 0 aliphatic heterocycles. The third-order valence-corrected chi connectivity index (χ3v) is 3.27. The molecule has 0 heterocycles. The number of anilines is 1. The van der Waals surface area contributed by atoms with E-state index in [0.29, 0.717) is 0 Å². The number of hydrogen-bond acceptors (Lipinski definition) is 2. The van der Waals surface area contributed by atoms with E-state index in [4.69, 9.17) is 4.74 Å². The van der Waals surface area contributed by atoms with E-state index in [1.165, 1.54) is 38.5 Å². The Balaban J connectivity index is 1.95. The largest absolute Gasteiger partial charge is 0.382 e. The Morgan fingerprint density at radius 1 is 1.00 bits per heavy atom. The summed E-state index contributed by atoms with van der Waals surface area (Å²) in [6.45, 7) is 6.15. The molecule has 1 atom stereocenters. The number of rotatable bonds is 11. The summed E-state index contributed by atoms with van der Waals surface area (Å²) in [7, 11) is 0. The maximum absolute atomic E-state index is 5.81. The van der Waals surface area contributed by atoms with Gasteiger partial charge in [-0.1, -0.05) is 57.2 Å². The van der Waals surface area contributed by atoms with Crippen LogP contribution in [0.15, 0.2) is 30.3 Å². The molecule has 1 unspecified atom stereocenters. The van der Waals surface area contributed by atoms with Crippen molar-refractivity contribution in [3.63, 3.8) is 0 Å². The molecule has 1 rings (SSSR count). The molecule has 2 nitrogen and oxygen atoms in total. The summed E-state index contributed by atoms with van der Waals surface area (Å²) in [6.07, 6.45) is 8.20. The quantitative estimate of drug-likeness (QED) is 0.575. The molecule has 1 aromatic carbocycles. The lowest BCUT2D eigenvalue weighted by Crippen LogP contribution is -2.20. The SMILES string of the molecule is CCCCCCCCOC(C)CNc1ccccc1. The highest BCUT2D eigenvalue weighted by molar-refractivity contribution is 5.42. The molecule has 2 heteroatoms. The molecule has 0 saturated carbocycles. The van der Waals surface area contributed by atoms with E-state index in [1.54, 1.807) is 0 Å². The number of para-hydroxylation sites is 1. The summed E-state index contributed by atoms with van der Waals surface area (Å²) in [6, 6.07) is 10.3. The van der Waals surface area contributed by atoms with E-state index in [-0.39, 0.29) is 6.10 Å². The van der Waals surface area contributed by atoms with Crippen LogP contribution in [0.4, 0.5) is 5.69 Å². The zero-order chi connectivity index (χ0) is 13.8. The predicted octanol–water partition coefficient (Wildman–Crippen LogP) is 4.86. The molecule has 0 spiro atoms. The van der Waals surface area contributed by atoms with Crippen LogP contribution in [0.5, 0.6) is 0 Å². The van der Waals surface area contributed by atoms with Crippen LogP contribution in [0.1, 0.15) is 52.4 Å². The van der Waals surface area contributed by atoms with Gasteiger partial charge in [0, 0.05) is 18.8 Å². The fraction of sp³-hybridized carbons (Fsp3) is 0.647. The van der Waals surface area contributed by atoms with Gasteiger partial charge in [0.2, 0.25) is 0 Å². The summed E-state index contributed by atoms with van der Waals surface area (Å²) < 4.78 is 5.81. The number of ether oxygens (including phenoxy) is 1. The first-order valence-corrected chi connectivity index (χ1v) is 7.73. The van der Waals surface area contributed by atoms with Crippen molar-refractivity contribution >= 4 is 5.69 Å². The van der Waals surface area contributed by atoms with Gasteiger partial charge in [0.25, 0.3) is 0 Å². The first-order valence-electron chi connectivity index (χ1n) is 7.73. The highest BCUT2D eigenvalue weighted by Gasteiger charge is 2.01. The van der Waals surface area contributed by atoms with Crippen molar-refractivity contribution in [2.45, 2.75) is 58.5 Å². The van der Waals surface area contributed by atoms with Crippen molar-refractivity contribution < 1.29 is 4.74 Å². The Morgan fingerprint density at radius 3 is 2.42 bits per heavy atom. The first kappa shape index (κ1) is 16.0. The number of nitrogens with one attached hydrogen (secondary N) is 1. The van der Waals surface area contributed by atoms with Crippen LogP contribution in [0, 0.1) is 0 Å². The molecule has 0 saturated heterocycles. The minimum Gasteiger partial charge on any atom is -0.382 e. The predicted molar refractivity (Wildman–Crippen MR) is 83.7 cm³/mol. The third kappa shape index (κ3) is 8.66. The first-order chi connectivity index (χ1) is 9.33. The van der Waals surface area contributed by atoms with E-state index < -0.39 is 0 Å². The molecule has 0 bridgehead atoms. The Labute approximate surface area is 118 Å². The second-order valence-corrected chi connectivity index (χ2v) is 5.20. The van der Waals surface area contributed by atoms with Gasteiger partial charge >= 0.3 is 0 Å². The molecule has 0 aromatic heterocycles. The van der Waals surface area contributed by atoms with Crippen LogP contribution in [-0.2, 0) is 4.74 Å². The molecule has 0 radical (unpaired) electrons. The zero-order valence-electron chi connectivity index (χ0n) is 12.5. The monoisotopic (exact) mass is 263 g/mol. The minimum absolute atomic E-state index is 0.274. The number of benzene rings is 1. The third-order valence-electron chi connectivity index (χ3n) is 3.27. The molecule has 0 aliphatic carbocycles. The molecule has 1 aromatic rings. The second kappa shape index (κ2) is 10.9. The van der Waals surface area contributed by atoms with Gasteiger partial charge in [-0.2, -0.15) is 0 Å². The average molecular weight is 263 g/mol. The van der Waals surface area contributed by atoms with E-state index in [9.17, 15) is 0 Å². The standard InChI is InChI=1S/C17H29NO/c1-3-4-5-6-7-11-14-19-16(2)15-18-17-12-9-8-10-13-17/h8-10,12-13,16,18H,3-7,11,14-15H2,1-2H3. The van der Waals surface area contributed by atoms with Crippen molar-refractivity contribution in [2.24, 2.45) is 0 Å². The second-order valence-electron chi connectivity index (χ2n) is 5.20. The van der Waals surface area contributed by atoms with Crippen molar-refractivity contribution in [3.05, 3.63) is 30.3 Å². The number of hydrogen-bond donors (Lipinski definition) is 1. The molecule has 0 aliphatic rings. The summed E-state index contributed by atoms with van der Waals surface area (Å²) in [5.74, 6) is 0. The normalized spacial score (nSPS) is 12.3. The summed E-state index contributed by atoms with van der Waals surface area (Å²) in [4.78, 5) is 0. The minimum atomic E-state index is 0.274. The maximum atomic E-state index is 5.81. The topological polar surface area (TPSA) is 21.3 Å². The van der Waals surface area contributed by atoms with E-state index in [0.717, 1.165) is 18.8 Å². The molecule has 19 heavy (non-hydrogen) atoms. The fourth-order valence-corrected chi connectivity index (χ4v) is 2.04. The maximum Gasteiger partial charge on any atom is 0.0719 e. The fourth-order valence-electron chi connectivity index (χ4n) is 2.04. The van der Waals surface area contributed by atoms with E-state index in [1.807, 2.05) is 18.2 Å². The van der Waals surface area contributed by atoms with Crippen molar-refractivity contribution in [3.8, 4) is 0 Å². The Bertz CT molecular complexity index is 299. The lowest BCUT2D eigenvalue weighted by molar-refractivity contribution is 0.0716. The van der Waals surface area contributed by atoms with Gasteiger partial charge in [-0.15, -0.1) is 0 Å². The summed E-state index contributed by atoms with van der Waals surface area (Å²) in [5.41, 5.74) is 1.16. The Hall–Kier alpha value is -1.02. The average Bonchev–Trinajstić information content (AvgIpc) is 2.45. The van der Waals surface area contributed by atoms with Crippen LogP contribution in [0.25, 0.3) is 0 Å². The van der Waals surface area contributed by atoms with Crippen LogP contribution >= 0.6 is 0 Å². The van der Waals surface area contributed by atoms with Crippen LogP contribution in [-0.4, -0.2) is 19.3 Å². The molecular weight excluding hydrogens is 234 g/mol. The van der Waals surface area contributed by atoms with E-state index >= 15 is 0 Å². The number of unbranched alkanes of at least 4 members (excludes halogenated alkanes) is 5. The Kier molecular flexibility index (Phi) is 9.17. The van der Waals surface area contributed by atoms with E-state index in [2.05, 4.69) is 31.3 Å². The smallest absolute Gasteiger partial charge is 0.0719 e.